The Morgan fingerprint density at radius 3 is 3.12 bits per heavy atom. The van der Waals surface area contributed by atoms with Crippen molar-refractivity contribution < 1.29 is 14.1 Å². The Kier molecular flexibility index (Phi) is 4.29. The number of nitrogens with zero attached hydrogens (tertiary/aromatic N) is 3. The molecule has 134 valence electrons. The van der Waals surface area contributed by atoms with Crippen molar-refractivity contribution in [1.29, 1.82) is 0 Å². The lowest BCUT2D eigenvalue weighted by Gasteiger charge is -2.32. The highest BCUT2D eigenvalue weighted by Gasteiger charge is 2.32. The maximum absolute atomic E-state index is 12.6. The SMILES string of the molecule is Cn1cc(-c2cc(C(=O)N[C@@H]3CCC(=O)N[C@H]3c3ccsc3)on2)cn1. The Morgan fingerprint density at radius 2 is 2.38 bits per heavy atom. The van der Waals surface area contributed by atoms with E-state index in [-0.39, 0.29) is 29.7 Å². The number of hydrogen-bond acceptors (Lipinski definition) is 6. The fourth-order valence-corrected chi connectivity index (χ4v) is 3.73. The summed E-state index contributed by atoms with van der Waals surface area (Å²) < 4.78 is 6.85. The molecule has 4 rings (SSSR count). The minimum atomic E-state index is -0.353. The van der Waals surface area contributed by atoms with E-state index in [1.54, 1.807) is 41.5 Å². The molecule has 1 aliphatic heterocycles. The molecule has 0 aromatic carbocycles. The summed E-state index contributed by atoms with van der Waals surface area (Å²) in [6.07, 6.45) is 4.40. The van der Waals surface area contributed by atoms with Gasteiger partial charge in [0.2, 0.25) is 11.7 Å². The monoisotopic (exact) mass is 371 g/mol. The van der Waals surface area contributed by atoms with Crippen molar-refractivity contribution in [2.45, 2.75) is 24.9 Å². The zero-order valence-corrected chi connectivity index (χ0v) is 14.8. The van der Waals surface area contributed by atoms with Gasteiger partial charge in [-0.1, -0.05) is 5.16 Å². The molecular formula is C17H17N5O3S. The Hall–Kier alpha value is -2.94. The van der Waals surface area contributed by atoms with Crippen molar-refractivity contribution in [2.24, 2.45) is 7.05 Å². The van der Waals surface area contributed by atoms with Gasteiger partial charge in [0.05, 0.1) is 18.3 Å². The topological polar surface area (TPSA) is 102 Å². The molecule has 3 aromatic rings. The largest absolute Gasteiger partial charge is 0.350 e. The summed E-state index contributed by atoms with van der Waals surface area (Å²) in [6.45, 7) is 0. The highest BCUT2D eigenvalue weighted by molar-refractivity contribution is 7.08. The van der Waals surface area contributed by atoms with Gasteiger partial charge in [0.25, 0.3) is 5.91 Å². The molecule has 3 aromatic heterocycles. The maximum Gasteiger partial charge on any atom is 0.290 e. The maximum atomic E-state index is 12.6. The molecule has 8 nitrogen and oxygen atoms in total. The van der Waals surface area contributed by atoms with Crippen LogP contribution in [0.5, 0.6) is 0 Å². The minimum Gasteiger partial charge on any atom is -0.350 e. The van der Waals surface area contributed by atoms with Crippen LogP contribution >= 0.6 is 11.3 Å². The van der Waals surface area contributed by atoms with E-state index in [1.807, 2.05) is 16.8 Å². The van der Waals surface area contributed by atoms with Gasteiger partial charge in [-0.15, -0.1) is 0 Å². The molecule has 1 fully saturated rings. The van der Waals surface area contributed by atoms with Crippen LogP contribution in [0.15, 0.2) is 39.8 Å². The molecule has 4 heterocycles. The second-order valence-corrected chi connectivity index (χ2v) is 6.98. The van der Waals surface area contributed by atoms with Gasteiger partial charge in [-0.3, -0.25) is 14.3 Å². The second-order valence-electron chi connectivity index (χ2n) is 6.20. The number of aromatic nitrogens is 3. The molecule has 0 radical (unpaired) electrons. The van der Waals surface area contributed by atoms with Crippen LogP contribution in [0.2, 0.25) is 0 Å². The van der Waals surface area contributed by atoms with Crippen LogP contribution in [0.1, 0.15) is 35.0 Å². The lowest BCUT2D eigenvalue weighted by atomic mass is 9.93. The lowest BCUT2D eigenvalue weighted by Crippen LogP contribution is -2.50. The molecule has 0 bridgehead atoms. The number of piperidine rings is 1. The quantitative estimate of drug-likeness (QED) is 0.729. The summed E-state index contributed by atoms with van der Waals surface area (Å²) in [7, 11) is 1.80. The minimum absolute atomic E-state index is 0.00905. The summed E-state index contributed by atoms with van der Waals surface area (Å²) in [5, 5.41) is 17.9. The van der Waals surface area contributed by atoms with E-state index in [0.717, 1.165) is 11.1 Å². The van der Waals surface area contributed by atoms with Crippen molar-refractivity contribution in [3.05, 3.63) is 46.6 Å². The predicted molar refractivity (Wildman–Crippen MR) is 94.4 cm³/mol. The number of hydrogen-bond donors (Lipinski definition) is 2. The molecule has 2 amide bonds. The zero-order chi connectivity index (χ0) is 18.1. The first-order valence-corrected chi connectivity index (χ1v) is 9.12. The van der Waals surface area contributed by atoms with Crippen LogP contribution in [0, 0.1) is 0 Å². The van der Waals surface area contributed by atoms with Crippen molar-refractivity contribution in [2.75, 3.05) is 0 Å². The van der Waals surface area contributed by atoms with Crippen LogP contribution in [0.3, 0.4) is 0 Å². The van der Waals surface area contributed by atoms with Gasteiger partial charge in [-0.25, -0.2) is 0 Å². The number of amides is 2. The molecule has 0 unspecified atom stereocenters. The number of nitrogens with one attached hydrogen (secondary N) is 2. The number of aryl methyl sites for hydroxylation is 1. The first-order valence-electron chi connectivity index (χ1n) is 8.18. The third-order valence-electron chi connectivity index (χ3n) is 4.35. The molecule has 9 heteroatoms. The van der Waals surface area contributed by atoms with E-state index >= 15 is 0 Å². The first kappa shape index (κ1) is 16.5. The summed E-state index contributed by atoms with van der Waals surface area (Å²) >= 11 is 1.55. The van der Waals surface area contributed by atoms with Crippen molar-refractivity contribution in [3.8, 4) is 11.3 Å². The number of carbonyl (C=O) groups is 2. The molecule has 0 spiro atoms. The Labute approximate surface area is 153 Å². The first-order chi connectivity index (χ1) is 12.6. The van der Waals surface area contributed by atoms with E-state index in [0.29, 0.717) is 18.5 Å². The van der Waals surface area contributed by atoms with Crippen LogP contribution in [-0.4, -0.2) is 32.8 Å². The Bertz CT molecular complexity index is 930. The summed E-state index contributed by atoms with van der Waals surface area (Å²) in [6, 6.07) is 3.09. The van der Waals surface area contributed by atoms with Gasteiger partial charge < -0.3 is 15.2 Å². The van der Waals surface area contributed by atoms with E-state index in [2.05, 4.69) is 20.9 Å². The van der Waals surface area contributed by atoms with Gasteiger partial charge >= 0.3 is 0 Å². The summed E-state index contributed by atoms with van der Waals surface area (Å²) in [4.78, 5) is 24.4. The van der Waals surface area contributed by atoms with E-state index < -0.39 is 0 Å². The van der Waals surface area contributed by atoms with Crippen LogP contribution < -0.4 is 10.6 Å². The molecule has 26 heavy (non-hydrogen) atoms. The summed E-state index contributed by atoms with van der Waals surface area (Å²) in [5.74, 6) is -0.232. The summed E-state index contributed by atoms with van der Waals surface area (Å²) in [5.41, 5.74) is 2.31. The van der Waals surface area contributed by atoms with Crippen LogP contribution in [0.4, 0.5) is 0 Å². The highest BCUT2D eigenvalue weighted by atomic mass is 32.1. The van der Waals surface area contributed by atoms with Gasteiger partial charge in [0, 0.05) is 31.3 Å². The normalized spacial score (nSPS) is 20.0. The standard InChI is InChI=1S/C17H17N5O3S/c1-22-8-11(7-18-22)13-6-14(25-21-13)17(24)19-12-2-3-15(23)20-16(12)10-4-5-26-9-10/h4-9,12,16H,2-3H2,1H3,(H,19,24)(H,20,23)/t12-,16+/m1/s1. The van der Waals surface area contributed by atoms with Gasteiger partial charge in [-0.05, 0) is 28.8 Å². The molecule has 0 saturated carbocycles. The number of thiophene rings is 1. The fraction of sp³-hybridized carbons (Fsp3) is 0.294. The molecule has 1 saturated heterocycles. The molecule has 2 N–H and O–H groups in total. The van der Waals surface area contributed by atoms with Crippen molar-refractivity contribution >= 4 is 23.2 Å². The average Bonchev–Trinajstić information content (AvgIpc) is 3.37. The molecule has 0 aliphatic carbocycles. The fourth-order valence-electron chi connectivity index (χ4n) is 3.03. The number of carbonyl (C=O) groups excluding carboxylic acids is 2. The predicted octanol–water partition coefficient (Wildman–Crippen LogP) is 1.89. The van der Waals surface area contributed by atoms with E-state index in [4.69, 9.17) is 4.52 Å². The number of rotatable bonds is 4. The van der Waals surface area contributed by atoms with E-state index in [1.165, 1.54) is 0 Å². The highest BCUT2D eigenvalue weighted by Crippen LogP contribution is 2.26. The van der Waals surface area contributed by atoms with Gasteiger partial charge in [-0.2, -0.15) is 16.4 Å². The lowest BCUT2D eigenvalue weighted by molar-refractivity contribution is -0.123. The van der Waals surface area contributed by atoms with Crippen LogP contribution in [0.25, 0.3) is 11.3 Å². The smallest absolute Gasteiger partial charge is 0.290 e. The van der Waals surface area contributed by atoms with E-state index in [9.17, 15) is 9.59 Å². The van der Waals surface area contributed by atoms with Crippen molar-refractivity contribution in [3.63, 3.8) is 0 Å². The van der Waals surface area contributed by atoms with Gasteiger partial charge in [0.15, 0.2) is 0 Å². The third-order valence-corrected chi connectivity index (χ3v) is 5.06. The Morgan fingerprint density at radius 1 is 1.50 bits per heavy atom. The van der Waals surface area contributed by atoms with Crippen LogP contribution in [-0.2, 0) is 11.8 Å². The second kappa shape index (κ2) is 6.75. The Balaban J connectivity index is 1.50. The molecule has 1 aliphatic rings. The zero-order valence-electron chi connectivity index (χ0n) is 14.0. The third kappa shape index (κ3) is 3.25. The van der Waals surface area contributed by atoms with Gasteiger partial charge in [0.1, 0.15) is 5.69 Å². The molecule has 2 atom stereocenters. The van der Waals surface area contributed by atoms with Crippen molar-refractivity contribution in [1.82, 2.24) is 25.6 Å². The molecular weight excluding hydrogens is 354 g/mol. The average molecular weight is 371 g/mol.